The normalized spacial score (nSPS) is 20.9. The SMILES string of the molecule is CCC(Nc1ccc(Cl)cc1)C(=O)NC1CCC(Sc2nccn2C)CC1. The maximum atomic E-state index is 12.7. The van der Waals surface area contributed by atoms with Crippen molar-refractivity contribution in [3.8, 4) is 0 Å². The molecule has 1 fully saturated rings. The highest BCUT2D eigenvalue weighted by atomic mass is 35.5. The predicted octanol–water partition coefficient (Wildman–Crippen LogP) is 4.48. The Morgan fingerprint density at radius 3 is 2.59 bits per heavy atom. The first kappa shape index (κ1) is 20.1. The topological polar surface area (TPSA) is 59.0 Å². The van der Waals surface area contributed by atoms with Gasteiger partial charge in [-0.2, -0.15) is 0 Å². The Balaban J connectivity index is 1.46. The van der Waals surface area contributed by atoms with Crippen LogP contribution < -0.4 is 10.6 Å². The summed E-state index contributed by atoms with van der Waals surface area (Å²) < 4.78 is 2.06. The van der Waals surface area contributed by atoms with Gasteiger partial charge in [-0.05, 0) is 56.4 Å². The molecule has 1 aromatic carbocycles. The molecule has 2 aromatic rings. The molecule has 0 spiro atoms. The van der Waals surface area contributed by atoms with Crippen molar-refractivity contribution < 1.29 is 4.79 Å². The van der Waals surface area contributed by atoms with Gasteiger partial charge in [-0.1, -0.05) is 30.3 Å². The minimum atomic E-state index is -0.231. The van der Waals surface area contributed by atoms with Gasteiger partial charge in [0.2, 0.25) is 5.91 Å². The van der Waals surface area contributed by atoms with Crippen LogP contribution in [0.25, 0.3) is 0 Å². The Morgan fingerprint density at radius 1 is 1.30 bits per heavy atom. The first-order valence-corrected chi connectivity index (χ1v) is 10.8. The first-order valence-electron chi connectivity index (χ1n) is 9.51. The van der Waals surface area contributed by atoms with E-state index < -0.39 is 0 Å². The highest BCUT2D eigenvalue weighted by Gasteiger charge is 2.26. The summed E-state index contributed by atoms with van der Waals surface area (Å²) in [6.45, 7) is 2.02. The van der Waals surface area contributed by atoms with Crippen molar-refractivity contribution in [1.82, 2.24) is 14.9 Å². The van der Waals surface area contributed by atoms with Gasteiger partial charge in [-0.25, -0.2) is 4.98 Å². The summed E-state index contributed by atoms with van der Waals surface area (Å²) in [6.07, 6.45) is 8.79. The molecule has 1 aliphatic carbocycles. The Kier molecular flexibility index (Phi) is 7.07. The summed E-state index contributed by atoms with van der Waals surface area (Å²) in [7, 11) is 2.03. The van der Waals surface area contributed by atoms with Gasteiger partial charge in [-0.15, -0.1) is 0 Å². The number of hydrogen-bond acceptors (Lipinski definition) is 4. The van der Waals surface area contributed by atoms with Gasteiger partial charge in [0.15, 0.2) is 5.16 Å². The van der Waals surface area contributed by atoms with E-state index in [1.165, 1.54) is 0 Å². The number of nitrogens with one attached hydrogen (secondary N) is 2. The predicted molar refractivity (Wildman–Crippen MR) is 112 cm³/mol. The number of amides is 1. The van der Waals surface area contributed by atoms with Crippen LogP contribution in [0.1, 0.15) is 39.0 Å². The second-order valence-corrected chi connectivity index (χ2v) is 8.74. The molecule has 0 bridgehead atoms. The number of carbonyl (C=O) groups is 1. The summed E-state index contributed by atoms with van der Waals surface area (Å²) in [5, 5.41) is 8.88. The van der Waals surface area contributed by atoms with E-state index in [0.717, 1.165) is 42.9 Å². The summed E-state index contributed by atoms with van der Waals surface area (Å²) in [6, 6.07) is 7.49. The monoisotopic (exact) mass is 406 g/mol. The average molecular weight is 407 g/mol. The standard InChI is InChI=1S/C20H27ClN4OS/c1-3-18(23-15-6-4-14(21)5-7-15)19(26)24-16-8-10-17(11-9-16)27-20-22-12-13-25(20)2/h4-7,12-13,16-18,23H,3,8-11H2,1-2H3,(H,24,26). The summed E-state index contributed by atoms with van der Waals surface area (Å²) in [5.41, 5.74) is 0.913. The Labute approximate surface area is 170 Å². The van der Waals surface area contributed by atoms with E-state index in [-0.39, 0.29) is 18.0 Å². The van der Waals surface area contributed by atoms with Crippen LogP contribution >= 0.6 is 23.4 Å². The molecule has 0 saturated heterocycles. The van der Waals surface area contributed by atoms with Crippen molar-refractivity contribution in [2.45, 2.75) is 61.5 Å². The van der Waals surface area contributed by atoms with E-state index in [2.05, 4.69) is 20.2 Å². The van der Waals surface area contributed by atoms with Crippen LogP contribution in [0.5, 0.6) is 0 Å². The molecule has 5 nitrogen and oxygen atoms in total. The van der Waals surface area contributed by atoms with Gasteiger partial charge in [0, 0.05) is 41.4 Å². The minimum absolute atomic E-state index is 0.0765. The molecule has 1 atom stereocenters. The number of hydrogen-bond donors (Lipinski definition) is 2. The molecule has 1 saturated carbocycles. The molecule has 146 valence electrons. The quantitative estimate of drug-likeness (QED) is 0.711. The van der Waals surface area contributed by atoms with E-state index in [0.29, 0.717) is 10.3 Å². The third kappa shape index (κ3) is 5.66. The maximum Gasteiger partial charge on any atom is 0.242 e. The van der Waals surface area contributed by atoms with Crippen LogP contribution in [-0.4, -0.2) is 32.8 Å². The van der Waals surface area contributed by atoms with Gasteiger partial charge in [0.05, 0.1) is 0 Å². The molecular formula is C20H27ClN4OS. The van der Waals surface area contributed by atoms with Crippen LogP contribution in [0, 0.1) is 0 Å². The second kappa shape index (κ2) is 9.51. The number of rotatable bonds is 7. The van der Waals surface area contributed by atoms with Gasteiger partial charge >= 0.3 is 0 Å². The van der Waals surface area contributed by atoms with Crippen molar-refractivity contribution in [3.63, 3.8) is 0 Å². The molecule has 0 radical (unpaired) electrons. The average Bonchev–Trinajstić information content (AvgIpc) is 3.07. The molecule has 1 unspecified atom stereocenters. The Morgan fingerprint density at radius 2 is 2.00 bits per heavy atom. The number of aromatic nitrogens is 2. The lowest BCUT2D eigenvalue weighted by atomic mass is 9.94. The Hall–Kier alpha value is -1.66. The number of benzene rings is 1. The van der Waals surface area contributed by atoms with E-state index in [1.54, 1.807) is 0 Å². The van der Waals surface area contributed by atoms with E-state index >= 15 is 0 Å². The van der Waals surface area contributed by atoms with Crippen molar-refractivity contribution in [2.75, 3.05) is 5.32 Å². The smallest absolute Gasteiger partial charge is 0.242 e. The lowest BCUT2D eigenvalue weighted by Crippen LogP contribution is -2.45. The zero-order chi connectivity index (χ0) is 19.2. The van der Waals surface area contributed by atoms with Gasteiger partial charge in [0.1, 0.15) is 6.04 Å². The van der Waals surface area contributed by atoms with E-state index in [1.807, 2.05) is 62.4 Å². The molecular weight excluding hydrogens is 380 g/mol. The zero-order valence-corrected chi connectivity index (χ0v) is 17.4. The van der Waals surface area contributed by atoms with Crippen LogP contribution in [0.15, 0.2) is 41.8 Å². The number of thioether (sulfide) groups is 1. The van der Waals surface area contributed by atoms with E-state index in [9.17, 15) is 4.79 Å². The first-order chi connectivity index (χ1) is 13.0. The maximum absolute atomic E-state index is 12.7. The number of carbonyl (C=O) groups excluding carboxylic acids is 1. The van der Waals surface area contributed by atoms with Crippen LogP contribution in [0.4, 0.5) is 5.69 Å². The van der Waals surface area contributed by atoms with Gasteiger partial charge in [-0.3, -0.25) is 4.79 Å². The zero-order valence-electron chi connectivity index (χ0n) is 15.8. The molecule has 3 rings (SSSR count). The third-order valence-electron chi connectivity index (χ3n) is 4.98. The number of anilines is 1. The molecule has 1 amide bonds. The molecule has 7 heteroatoms. The van der Waals surface area contributed by atoms with Crippen molar-refractivity contribution in [1.29, 1.82) is 0 Å². The second-order valence-electron chi connectivity index (χ2n) is 7.03. The van der Waals surface area contributed by atoms with Gasteiger partial charge in [0.25, 0.3) is 0 Å². The lowest BCUT2D eigenvalue weighted by Gasteiger charge is -2.30. The van der Waals surface area contributed by atoms with Crippen LogP contribution in [0.2, 0.25) is 5.02 Å². The third-order valence-corrected chi connectivity index (χ3v) is 6.64. The molecule has 1 aliphatic rings. The van der Waals surface area contributed by atoms with Crippen molar-refractivity contribution in [2.24, 2.45) is 7.05 Å². The fourth-order valence-corrected chi connectivity index (χ4v) is 4.62. The lowest BCUT2D eigenvalue weighted by molar-refractivity contribution is -0.122. The fourth-order valence-electron chi connectivity index (χ4n) is 3.34. The highest BCUT2D eigenvalue weighted by Crippen LogP contribution is 2.32. The van der Waals surface area contributed by atoms with Crippen molar-refractivity contribution >= 4 is 35.0 Å². The molecule has 27 heavy (non-hydrogen) atoms. The van der Waals surface area contributed by atoms with E-state index in [4.69, 9.17) is 11.6 Å². The molecule has 1 aromatic heterocycles. The van der Waals surface area contributed by atoms with Crippen molar-refractivity contribution in [3.05, 3.63) is 41.7 Å². The molecule has 1 heterocycles. The highest BCUT2D eigenvalue weighted by molar-refractivity contribution is 7.99. The summed E-state index contributed by atoms with van der Waals surface area (Å²) in [4.78, 5) is 17.1. The summed E-state index contributed by atoms with van der Waals surface area (Å²) in [5.74, 6) is 0.0765. The van der Waals surface area contributed by atoms with Crippen LogP contribution in [0.3, 0.4) is 0 Å². The minimum Gasteiger partial charge on any atom is -0.374 e. The number of nitrogens with zero attached hydrogens (tertiary/aromatic N) is 2. The largest absolute Gasteiger partial charge is 0.374 e. The molecule has 0 aliphatic heterocycles. The molecule has 2 N–H and O–H groups in total. The number of halogens is 1. The fraction of sp³-hybridized carbons (Fsp3) is 0.500. The number of imidazole rings is 1. The van der Waals surface area contributed by atoms with Crippen LogP contribution in [-0.2, 0) is 11.8 Å². The summed E-state index contributed by atoms with van der Waals surface area (Å²) >= 11 is 7.77. The van der Waals surface area contributed by atoms with Gasteiger partial charge < -0.3 is 15.2 Å². The number of aryl methyl sites for hydroxylation is 1. The Bertz CT molecular complexity index is 741.